The largest absolute Gasteiger partial charge is 0.431 e. The number of piperidine rings is 1. The van der Waals surface area contributed by atoms with Crippen molar-refractivity contribution in [2.75, 3.05) is 26.7 Å². The van der Waals surface area contributed by atoms with Crippen LogP contribution in [0.4, 0.5) is 13.2 Å². The molecule has 34 heavy (non-hydrogen) atoms. The maximum atomic E-state index is 13.5. The van der Waals surface area contributed by atoms with Gasteiger partial charge in [0.1, 0.15) is 5.69 Å². The molecule has 1 amide bonds. The second kappa shape index (κ2) is 8.12. The van der Waals surface area contributed by atoms with E-state index in [2.05, 4.69) is 4.90 Å². The van der Waals surface area contributed by atoms with Crippen molar-refractivity contribution in [3.8, 4) is 0 Å². The Bertz CT molecular complexity index is 1190. The zero-order chi connectivity index (χ0) is 25.1. The van der Waals surface area contributed by atoms with Crippen LogP contribution in [0.1, 0.15) is 55.4 Å². The summed E-state index contributed by atoms with van der Waals surface area (Å²) in [5.74, 6) is -0.209. The number of likely N-dealkylation sites (N-methyl/N-ethyl adjacent to an activating group) is 1. The number of hydrogen-bond donors (Lipinski definition) is 0. The van der Waals surface area contributed by atoms with Crippen molar-refractivity contribution in [3.63, 3.8) is 0 Å². The number of rotatable bonds is 2. The summed E-state index contributed by atoms with van der Waals surface area (Å²) in [5, 5.41) is 0. The quantitative estimate of drug-likeness (QED) is 0.625. The highest BCUT2D eigenvalue weighted by atomic mass is 32.2. The summed E-state index contributed by atoms with van der Waals surface area (Å²) >= 11 is 0. The van der Waals surface area contributed by atoms with E-state index < -0.39 is 32.0 Å². The van der Waals surface area contributed by atoms with Crippen molar-refractivity contribution in [2.24, 2.45) is 0 Å². The standard InChI is InChI=1S/C24H30F3N3O3S/c1-22(2,3)34(32,33)18-7-5-17(6-8-18)21(31)29-13-11-23(12-14-29)19-9-10-20(24(25,26)27)30(19)16-15-28(23)4/h5-10H,11-16H2,1-4H3. The molecule has 186 valence electrons. The molecule has 3 heterocycles. The summed E-state index contributed by atoms with van der Waals surface area (Å²) in [5.41, 5.74) is -0.136. The number of hydrogen-bond acceptors (Lipinski definition) is 4. The smallest absolute Gasteiger partial charge is 0.338 e. The molecule has 0 bridgehead atoms. The number of aromatic nitrogens is 1. The average molecular weight is 498 g/mol. The normalized spacial score (nSPS) is 19.3. The number of fused-ring (bicyclic) bond motifs is 2. The lowest BCUT2D eigenvalue weighted by atomic mass is 9.81. The topological polar surface area (TPSA) is 62.6 Å². The molecule has 4 rings (SSSR count). The lowest BCUT2D eigenvalue weighted by Crippen LogP contribution is -2.56. The van der Waals surface area contributed by atoms with E-state index in [1.807, 2.05) is 7.05 Å². The van der Waals surface area contributed by atoms with Gasteiger partial charge in [-0.15, -0.1) is 0 Å². The lowest BCUT2D eigenvalue weighted by Gasteiger charge is -2.50. The minimum atomic E-state index is -4.40. The Morgan fingerprint density at radius 1 is 0.912 bits per heavy atom. The van der Waals surface area contributed by atoms with E-state index in [1.165, 1.54) is 28.8 Å². The number of benzene rings is 1. The maximum absolute atomic E-state index is 13.5. The van der Waals surface area contributed by atoms with Crippen LogP contribution in [0.2, 0.25) is 0 Å². The first-order valence-corrected chi connectivity index (χ1v) is 12.8. The van der Waals surface area contributed by atoms with Gasteiger partial charge < -0.3 is 9.47 Å². The molecule has 0 saturated carbocycles. The molecule has 10 heteroatoms. The van der Waals surface area contributed by atoms with E-state index in [0.717, 1.165) is 6.07 Å². The van der Waals surface area contributed by atoms with E-state index in [0.29, 0.717) is 43.7 Å². The first kappa shape index (κ1) is 24.8. The predicted molar refractivity (Wildman–Crippen MR) is 122 cm³/mol. The van der Waals surface area contributed by atoms with Gasteiger partial charge in [0.05, 0.1) is 15.2 Å². The molecule has 0 radical (unpaired) electrons. The minimum Gasteiger partial charge on any atom is -0.338 e. The van der Waals surface area contributed by atoms with Crippen molar-refractivity contribution in [2.45, 2.75) is 61.5 Å². The Labute approximate surface area is 198 Å². The second-order valence-corrected chi connectivity index (χ2v) is 12.8. The number of nitrogens with zero attached hydrogens (tertiary/aromatic N) is 3. The Balaban J connectivity index is 1.53. The van der Waals surface area contributed by atoms with Crippen LogP contribution in [0.5, 0.6) is 0 Å². The van der Waals surface area contributed by atoms with Crippen molar-refractivity contribution in [1.29, 1.82) is 0 Å². The molecule has 1 aromatic heterocycles. The number of likely N-dealkylation sites (tertiary alicyclic amines) is 1. The Hall–Kier alpha value is -2.33. The number of carbonyl (C=O) groups excluding carboxylic acids is 1. The summed E-state index contributed by atoms with van der Waals surface area (Å²) in [6.45, 7) is 6.46. The van der Waals surface area contributed by atoms with Gasteiger partial charge in [0.25, 0.3) is 5.91 Å². The third-order valence-corrected chi connectivity index (χ3v) is 9.74. The SMILES string of the molecule is CN1CCn2c(C(F)(F)F)ccc2C12CCN(C(=O)c1ccc(S(=O)(=O)C(C)(C)C)cc1)CC2. The highest BCUT2D eigenvalue weighted by Crippen LogP contribution is 2.44. The highest BCUT2D eigenvalue weighted by Gasteiger charge is 2.47. The van der Waals surface area contributed by atoms with Gasteiger partial charge in [-0.3, -0.25) is 9.69 Å². The maximum Gasteiger partial charge on any atom is 0.431 e. The molecule has 1 saturated heterocycles. The first-order chi connectivity index (χ1) is 15.7. The van der Waals surface area contributed by atoms with E-state index in [4.69, 9.17) is 0 Å². The van der Waals surface area contributed by atoms with Gasteiger partial charge >= 0.3 is 6.18 Å². The highest BCUT2D eigenvalue weighted by molar-refractivity contribution is 7.92. The van der Waals surface area contributed by atoms with Crippen LogP contribution in [0.25, 0.3) is 0 Å². The Morgan fingerprint density at radius 3 is 2.03 bits per heavy atom. The molecule has 2 aliphatic heterocycles. The molecule has 1 aromatic carbocycles. The predicted octanol–water partition coefficient (Wildman–Crippen LogP) is 4.16. The van der Waals surface area contributed by atoms with E-state index in [9.17, 15) is 26.4 Å². The van der Waals surface area contributed by atoms with Gasteiger partial charge in [-0.2, -0.15) is 13.2 Å². The second-order valence-electron chi connectivity index (χ2n) is 10.1. The zero-order valence-corrected chi connectivity index (χ0v) is 20.6. The van der Waals surface area contributed by atoms with Crippen LogP contribution in [0.15, 0.2) is 41.3 Å². The number of alkyl halides is 3. The van der Waals surface area contributed by atoms with E-state index in [-0.39, 0.29) is 17.3 Å². The number of halogens is 3. The summed E-state index contributed by atoms with van der Waals surface area (Å²) in [7, 11) is -1.59. The Morgan fingerprint density at radius 2 is 1.50 bits per heavy atom. The van der Waals surface area contributed by atoms with Crippen LogP contribution in [-0.4, -0.2) is 60.1 Å². The fourth-order valence-electron chi connectivity index (χ4n) is 5.05. The first-order valence-electron chi connectivity index (χ1n) is 11.3. The fraction of sp³-hybridized carbons (Fsp3) is 0.542. The molecule has 2 aromatic rings. The monoisotopic (exact) mass is 497 g/mol. The van der Waals surface area contributed by atoms with Crippen LogP contribution in [0.3, 0.4) is 0 Å². The van der Waals surface area contributed by atoms with Gasteiger partial charge in [-0.1, -0.05) is 0 Å². The molecule has 0 unspecified atom stereocenters. The summed E-state index contributed by atoms with van der Waals surface area (Å²) < 4.78 is 66.1. The average Bonchev–Trinajstić information content (AvgIpc) is 3.22. The molecular formula is C24H30F3N3O3S. The van der Waals surface area contributed by atoms with Gasteiger partial charge in [0.2, 0.25) is 0 Å². The van der Waals surface area contributed by atoms with Crippen molar-refractivity contribution >= 4 is 15.7 Å². The molecular weight excluding hydrogens is 467 g/mol. The number of amides is 1. The van der Waals surface area contributed by atoms with Crippen LogP contribution in [-0.2, 0) is 28.1 Å². The van der Waals surface area contributed by atoms with Crippen LogP contribution >= 0.6 is 0 Å². The van der Waals surface area contributed by atoms with Crippen LogP contribution < -0.4 is 0 Å². The van der Waals surface area contributed by atoms with Crippen molar-refractivity contribution in [1.82, 2.24) is 14.4 Å². The third kappa shape index (κ3) is 3.94. The molecule has 6 nitrogen and oxygen atoms in total. The van der Waals surface area contributed by atoms with Gasteiger partial charge in [-0.25, -0.2) is 8.42 Å². The molecule has 0 aliphatic carbocycles. The van der Waals surface area contributed by atoms with Gasteiger partial charge in [-0.05, 0) is 77.1 Å². The van der Waals surface area contributed by atoms with E-state index in [1.54, 1.807) is 31.7 Å². The lowest BCUT2D eigenvalue weighted by molar-refractivity contribution is -0.144. The molecule has 0 N–H and O–H groups in total. The third-order valence-electron chi connectivity index (χ3n) is 7.23. The van der Waals surface area contributed by atoms with Crippen LogP contribution in [0, 0.1) is 0 Å². The summed E-state index contributed by atoms with van der Waals surface area (Å²) in [4.78, 5) is 17.1. The minimum absolute atomic E-state index is 0.166. The van der Waals surface area contributed by atoms with Crippen molar-refractivity contribution < 1.29 is 26.4 Å². The van der Waals surface area contributed by atoms with Crippen molar-refractivity contribution in [3.05, 3.63) is 53.3 Å². The molecule has 1 fully saturated rings. The fourth-order valence-corrected chi connectivity index (χ4v) is 6.25. The zero-order valence-electron chi connectivity index (χ0n) is 19.8. The summed E-state index contributed by atoms with van der Waals surface area (Å²) in [6, 6.07) is 8.70. The molecule has 1 spiro atoms. The van der Waals surface area contributed by atoms with Gasteiger partial charge in [0, 0.05) is 37.4 Å². The molecule has 2 aliphatic rings. The summed E-state index contributed by atoms with van der Waals surface area (Å²) in [6.07, 6.45) is -3.36. The van der Waals surface area contributed by atoms with E-state index >= 15 is 0 Å². The Kier molecular flexibility index (Phi) is 5.92. The van der Waals surface area contributed by atoms with Gasteiger partial charge in [0.15, 0.2) is 9.84 Å². The molecule has 0 atom stereocenters. The number of carbonyl (C=O) groups is 1. The number of sulfone groups is 1.